The van der Waals surface area contributed by atoms with Crippen LogP contribution in [-0.2, 0) is 4.74 Å². The maximum absolute atomic E-state index is 12.1. The Balaban J connectivity index is 2.11. The van der Waals surface area contributed by atoms with Crippen molar-refractivity contribution in [2.75, 3.05) is 13.7 Å². The highest BCUT2D eigenvalue weighted by molar-refractivity contribution is 5.98. The van der Waals surface area contributed by atoms with E-state index in [-0.39, 0.29) is 5.91 Å². The van der Waals surface area contributed by atoms with Crippen molar-refractivity contribution in [3.63, 3.8) is 0 Å². The fourth-order valence-electron chi connectivity index (χ4n) is 1.81. The molecule has 1 amide bonds. The smallest absolute Gasteiger partial charge is 0.271 e. The largest absolute Gasteiger partial charge is 0.497 e. The third-order valence-corrected chi connectivity index (χ3v) is 2.91. The molecule has 0 saturated heterocycles. The van der Waals surface area contributed by atoms with Crippen LogP contribution in [0, 0.1) is 0 Å². The van der Waals surface area contributed by atoms with Gasteiger partial charge in [-0.25, -0.2) is 5.43 Å². The second kappa shape index (κ2) is 7.83. The molecule has 0 saturated carbocycles. The number of hydrogen-bond acceptors (Lipinski definition) is 4. The van der Waals surface area contributed by atoms with E-state index in [1.54, 1.807) is 31.4 Å². The fraction of sp³-hybridized carbons (Fsp3) is 0.176. The average molecular weight is 298 g/mol. The molecule has 0 aliphatic rings. The van der Waals surface area contributed by atoms with Gasteiger partial charge in [0.15, 0.2) is 0 Å². The zero-order valence-electron chi connectivity index (χ0n) is 12.6. The Kier molecular flexibility index (Phi) is 5.54. The van der Waals surface area contributed by atoms with Gasteiger partial charge in [-0.15, -0.1) is 5.10 Å². The van der Waals surface area contributed by atoms with Crippen LogP contribution in [0.4, 0.5) is 0 Å². The van der Waals surface area contributed by atoms with Crippen molar-refractivity contribution in [1.82, 2.24) is 5.43 Å². The van der Waals surface area contributed by atoms with E-state index in [9.17, 15) is 4.79 Å². The fourth-order valence-corrected chi connectivity index (χ4v) is 1.81. The Morgan fingerprint density at radius 3 is 2.32 bits per heavy atom. The molecule has 0 aromatic heterocycles. The van der Waals surface area contributed by atoms with Gasteiger partial charge in [-0.2, -0.15) is 0 Å². The summed E-state index contributed by atoms with van der Waals surface area (Å²) in [4.78, 5) is 12.1. The number of carbonyl (C=O) groups is 1. The molecule has 1 N–H and O–H groups in total. The van der Waals surface area contributed by atoms with Gasteiger partial charge >= 0.3 is 0 Å². The van der Waals surface area contributed by atoms with Gasteiger partial charge in [-0.3, -0.25) is 4.79 Å². The zero-order valence-corrected chi connectivity index (χ0v) is 12.6. The molecule has 0 radical (unpaired) electrons. The maximum atomic E-state index is 12.1. The minimum atomic E-state index is -0.309. The number of benzene rings is 2. The zero-order chi connectivity index (χ0) is 15.8. The summed E-state index contributed by atoms with van der Waals surface area (Å²) in [5.41, 5.74) is 3.80. The maximum Gasteiger partial charge on any atom is 0.271 e. The van der Waals surface area contributed by atoms with E-state index < -0.39 is 0 Å². The lowest BCUT2D eigenvalue weighted by atomic mass is 10.2. The number of carbonyl (C=O) groups excluding carboxylic acids is 1. The number of hydrogen-bond donors (Lipinski definition) is 1. The molecule has 0 heterocycles. The summed E-state index contributed by atoms with van der Waals surface area (Å²) in [7, 11) is 1.58. The van der Waals surface area contributed by atoms with Gasteiger partial charge in [-0.1, -0.05) is 18.2 Å². The molecule has 0 aliphatic heterocycles. The van der Waals surface area contributed by atoms with Crippen LogP contribution in [0.25, 0.3) is 0 Å². The molecule has 0 spiro atoms. The number of methoxy groups -OCH3 is 1. The number of nitrogens with one attached hydrogen (secondary N) is 1. The van der Waals surface area contributed by atoms with Gasteiger partial charge < -0.3 is 9.47 Å². The van der Waals surface area contributed by atoms with Crippen molar-refractivity contribution in [3.8, 4) is 5.75 Å². The summed E-state index contributed by atoms with van der Waals surface area (Å²) in [5, 5.41) is 4.07. The van der Waals surface area contributed by atoms with Crippen LogP contribution in [0.2, 0.25) is 0 Å². The van der Waals surface area contributed by atoms with Crippen molar-refractivity contribution in [3.05, 3.63) is 65.7 Å². The Labute approximate surface area is 129 Å². The van der Waals surface area contributed by atoms with E-state index in [4.69, 9.17) is 9.47 Å². The van der Waals surface area contributed by atoms with Crippen molar-refractivity contribution >= 4 is 11.8 Å². The van der Waals surface area contributed by atoms with E-state index in [0.29, 0.717) is 23.8 Å². The topological polar surface area (TPSA) is 59.9 Å². The average Bonchev–Trinajstić information content (AvgIpc) is 2.59. The Hall–Kier alpha value is -2.82. The van der Waals surface area contributed by atoms with Crippen LogP contribution in [0.3, 0.4) is 0 Å². The quantitative estimate of drug-likeness (QED) is 0.524. The molecular formula is C17H18N2O3. The molecular weight excluding hydrogens is 280 g/mol. The number of rotatable bonds is 5. The van der Waals surface area contributed by atoms with Crippen LogP contribution in [0.5, 0.6) is 5.75 Å². The first kappa shape index (κ1) is 15.6. The summed E-state index contributed by atoms with van der Waals surface area (Å²) in [6, 6.07) is 16.2. The number of amides is 1. The van der Waals surface area contributed by atoms with Crippen molar-refractivity contribution in [2.24, 2.45) is 5.10 Å². The van der Waals surface area contributed by atoms with Crippen LogP contribution >= 0.6 is 0 Å². The lowest BCUT2D eigenvalue weighted by molar-refractivity contribution is 0.0953. The van der Waals surface area contributed by atoms with Gasteiger partial charge in [0.2, 0.25) is 5.90 Å². The minimum Gasteiger partial charge on any atom is -0.497 e. The molecule has 0 bridgehead atoms. The van der Waals surface area contributed by atoms with Crippen molar-refractivity contribution in [2.45, 2.75) is 6.92 Å². The van der Waals surface area contributed by atoms with E-state index >= 15 is 0 Å². The van der Waals surface area contributed by atoms with E-state index in [2.05, 4.69) is 10.5 Å². The van der Waals surface area contributed by atoms with Crippen LogP contribution in [-0.4, -0.2) is 25.5 Å². The highest BCUT2D eigenvalue weighted by atomic mass is 16.5. The first-order valence-corrected chi connectivity index (χ1v) is 6.95. The molecule has 2 aromatic rings. The molecule has 22 heavy (non-hydrogen) atoms. The third-order valence-electron chi connectivity index (χ3n) is 2.91. The van der Waals surface area contributed by atoms with Gasteiger partial charge in [0.25, 0.3) is 5.91 Å². The van der Waals surface area contributed by atoms with Gasteiger partial charge in [0, 0.05) is 11.1 Å². The van der Waals surface area contributed by atoms with Crippen molar-refractivity contribution in [1.29, 1.82) is 0 Å². The molecule has 2 aromatic carbocycles. The number of hydrazone groups is 1. The molecule has 5 nitrogen and oxygen atoms in total. The molecule has 0 atom stereocenters. The summed E-state index contributed by atoms with van der Waals surface area (Å²) in [5.74, 6) is 0.764. The second-order valence-electron chi connectivity index (χ2n) is 4.39. The second-order valence-corrected chi connectivity index (χ2v) is 4.39. The summed E-state index contributed by atoms with van der Waals surface area (Å²) < 4.78 is 10.5. The van der Waals surface area contributed by atoms with E-state index in [0.717, 1.165) is 5.56 Å². The molecule has 2 rings (SSSR count). The number of ether oxygens (including phenoxy) is 2. The summed E-state index contributed by atoms with van der Waals surface area (Å²) in [6.45, 7) is 2.33. The van der Waals surface area contributed by atoms with Gasteiger partial charge in [0.05, 0.1) is 13.7 Å². The minimum absolute atomic E-state index is 0.309. The molecule has 5 heteroatoms. The van der Waals surface area contributed by atoms with Crippen LogP contribution in [0.15, 0.2) is 59.7 Å². The Bertz CT molecular complexity index is 637. The number of nitrogens with zero attached hydrogens (tertiary/aromatic N) is 1. The molecule has 0 fully saturated rings. The molecule has 0 aliphatic carbocycles. The van der Waals surface area contributed by atoms with Crippen LogP contribution in [0.1, 0.15) is 22.8 Å². The first-order chi connectivity index (χ1) is 10.7. The highest BCUT2D eigenvalue weighted by Crippen LogP contribution is 2.11. The van der Waals surface area contributed by atoms with Crippen molar-refractivity contribution < 1.29 is 14.3 Å². The first-order valence-electron chi connectivity index (χ1n) is 6.95. The monoisotopic (exact) mass is 298 g/mol. The highest BCUT2D eigenvalue weighted by Gasteiger charge is 2.07. The van der Waals surface area contributed by atoms with Crippen LogP contribution < -0.4 is 10.2 Å². The Morgan fingerprint density at radius 1 is 1.05 bits per heavy atom. The normalized spacial score (nSPS) is 10.9. The van der Waals surface area contributed by atoms with Gasteiger partial charge in [-0.05, 0) is 43.3 Å². The standard InChI is InChI=1S/C17H18N2O3/c1-3-22-17(14-7-5-4-6-8-14)19-18-16(20)13-9-11-15(21-2)12-10-13/h4-12H,3H2,1-2H3,(H,18,20)/b19-17+. The predicted molar refractivity (Wildman–Crippen MR) is 85.1 cm³/mol. The molecule has 114 valence electrons. The lowest BCUT2D eigenvalue weighted by Gasteiger charge is -2.08. The SMILES string of the molecule is CCO/C(=N/NC(=O)c1ccc(OC)cc1)c1ccccc1. The molecule has 0 unspecified atom stereocenters. The van der Waals surface area contributed by atoms with E-state index in [1.165, 1.54) is 0 Å². The summed E-state index contributed by atoms with van der Waals surface area (Å²) in [6.07, 6.45) is 0. The Morgan fingerprint density at radius 2 is 1.73 bits per heavy atom. The lowest BCUT2D eigenvalue weighted by Crippen LogP contribution is -2.21. The third kappa shape index (κ3) is 4.09. The van der Waals surface area contributed by atoms with Gasteiger partial charge in [0.1, 0.15) is 5.75 Å². The summed E-state index contributed by atoms with van der Waals surface area (Å²) >= 11 is 0. The predicted octanol–water partition coefficient (Wildman–Crippen LogP) is 2.82. The van der Waals surface area contributed by atoms with E-state index in [1.807, 2.05) is 37.3 Å².